The predicted molar refractivity (Wildman–Crippen MR) is 82.1 cm³/mol. The highest BCUT2D eigenvalue weighted by Crippen LogP contribution is 2.30. The van der Waals surface area contributed by atoms with Gasteiger partial charge in [-0.2, -0.15) is 4.98 Å². The fraction of sp³-hybridized carbons (Fsp3) is 0.312. The zero-order valence-electron chi connectivity index (χ0n) is 12.8. The SMILES string of the molecule is O=C(NCCOc1ccc(F)cc1)c1coc(NC(=O)C2CC2)n1. The summed E-state index contributed by atoms with van der Waals surface area (Å²) >= 11 is 0. The number of nitrogens with one attached hydrogen (secondary N) is 2. The fourth-order valence-corrected chi connectivity index (χ4v) is 1.94. The van der Waals surface area contributed by atoms with E-state index in [2.05, 4.69) is 15.6 Å². The van der Waals surface area contributed by atoms with Gasteiger partial charge in [0.25, 0.3) is 5.91 Å². The summed E-state index contributed by atoms with van der Waals surface area (Å²) in [6, 6.07) is 5.61. The first kappa shape index (κ1) is 16.0. The van der Waals surface area contributed by atoms with Gasteiger partial charge >= 0.3 is 6.01 Å². The molecule has 0 spiro atoms. The lowest BCUT2D eigenvalue weighted by Gasteiger charge is -2.06. The van der Waals surface area contributed by atoms with Crippen molar-refractivity contribution in [3.05, 3.63) is 42.0 Å². The van der Waals surface area contributed by atoms with E-state index in [-0.39, 0.29) is 42.5 Å². The van der Waals surface area contributed by atoms with Crippen molar-refractivity contribution in [2.24, 2.45) is 5.92 Å². The molecule has 24 heavy (non-hydrogen) atoms. The van der Waals surface area contributed by atoms with Gasteiger partial charge in [0.1, 0.15) is 24.4 Å². The van der Waals surface area contributed by atoms with Crippen molar-refractivity contribution in [2.45, 2.75) is 12.8 Å². The van der Waals surface area contributed by atoms with Gasteiger partial charge in [0.2, 0.25) is 5.91 Å². The van der Waals surface area contributed by atoms with Crippen LogP contribution in [0.3, 0.4) is 0 Å². The number of halogens is 1. The molecule has 3 rings (SSSR count). The number of oxazole rings is 1. The third kappa shape index (κ3) is 4.31. The van der Waals surface area contributed by atoms with Crippen LogP contribution in [0, 0.1) is 11.7 Å². The molecule has 8 heteroatoms. The van der Waals surface area contributed by atoms with Crippen molar-refractivity contribution >= 4 is 17.8 Å². The molecule has 7 nitrogen and oxygen atoms in total. The molecule has 1 aromatic carbocycles. The Morgan fingerprint density at radius 2 is 2.04 bits per heavy atom. The average molecular weight is 333 g/mol. The highest BCUT2D eigenvalue weighted by Gasteiger charge is 2.30. The van der Waals surface area contributed by atoms with Crippen LogP contribution >= 0.6 is 0 Å². The Morgan fingerprint density at radius 3 is 2.75 bits per heavy atom. The van der Waals surface area contributed by atoms with Gasteiger partial charge in [0.15, 0.2) is 5.69 Å². The molecule has 0 saturated heterocycles. The van der Waals surface area contributed by atoms with Crippen LogP contribution in [0.15, 0.2) is 34.9 Å². The van der Waals surface area contributed by atoms with Crippen LogP contribution in [-0.4, -0.2) is 29.9 Å². The summed E-state index contributed by atoms with van der Waals surface area (Å²) in [6.07, 6.45) is 2.92. The number of ether oxygens (including phenoxy) is 1. The molecular formula is C16H16FN3O4. The van der Waals surface area contributed by atoms with Gasteiger partial charge in [0, 0.05) is 5.92 Å². The van der Waals surface area contributed by atoms with E-state index in [1.54, 1.807) is 0 Å². The summed E-state index contributed by atoms with van der Waals surface area (Å²) in [5.41, 5.74) is 0.0721. The standard InChI is InChI=1S/C16H16FN3O4/c17-11-3-5-12(6-4-11)23-8-7-18-15(22)13-9-24-16(19-13)20-14(21)10-1-2-10/h3-6,9-10H,1-2,7-8H2,(H,18,22)(H,19,20,21). The van der Waals surface area contributed by atoms with E-state index in [1.165, 1.54) is 30.5 Å². The second kappa shape index (κ2) is 7.12. The largest absolute Gasteiger partial charge is 0.492 e. The smallest absolute Gasteiger partial charge is 0.302 e. The number of benzene rings is 1. The molecule has 0 atom stereocenters. The maximum absolute atomic E-state index is 12.7. The maximum atomic E-state index is 12.7. The Bertz CT molecular complexity index is 725. The van der Waals surface area contributed by atoms with Crippen molar-refractivity contribution < 1.29 is 23.1 Å². The molecule has 1 aliphatic carbocycles. The average Bonchev–Trinajstić information content (AvgIpc) is 3.33. The molecule has 0 unspecified atom stereocenters. The van der Waals surface area contributed by atoms with Gasteiger partial charge in [-0.05, 0) is 37.1 Å². The Balaban J connectivity index is 1.40. The minimum atomic E-state index is -0.437. The number of amides is 2. The Kier molecular flexibility index (Phi) is 4.74. The van der Waals surface area contributed by atoms with Gasteiger partial charge in [-0.3, -0.25) is 14.9 Å². The molecule has 0 radical (unpaired) electrons. The molecule has 2 N–H and O–H groups in total. The Morgan fingerprint density at radius 1 is 1.29 bits per heavy atom. The van der Waals surface area contributed by atoms with Crippen LogP contribution in [0.4, 0.5) is 10.4 Å². The van der Waals surface area contributed by atoms with Crippen molar-refractivity contribution in [2.75, 3.05) is 18.5 Å². The third-order valence-electron chi connectivity index (χ3n) is 3.39. The molecule has 126 valence electrons. The summed E-state index contributed by atoms with van der Waals surface area (Å²) < 4.78 is 23.1. The van der Waals surface area contributed by atoms with Crippen LogP contribution < -0.4 is 15.4 Å². The maximum Gasteiger partial charge on any atom is 0.302 e. The number of nitrogens with zero attached hydrogens (tertiary/aromatic N) is 1. The van der Waals surface area contributed by atoms with Crippen molar-refractivity contribution in [1.82, 2.24) is 10.3 Å². The van der Waals surface area contributed by atoms with E-state index in [1.807, 2.05) is 0 Å². The molecule has 0 aliphatic heterocycles. The van der Waals surface area contributed by atoms with E-state index in [0.717, 1.165) is 12.8 Å². The highest BCUT2D eigenvalue weighted by atomic mass is 19.1. The van der Waals surface area contributed by atoms with Crippen LogP contribution in [0.25, 0.3) is 0 Å². The lowest BCUT2D eigenvalue weighted by molar-refractivity contribution is -0.117. The van der Waals surface area contributed by atoms with E-state index < -0.39 is 5.91 Å². The van der Waals surface area contributed by atoms with E-state index in [0.29, 0.717) is 5.75 Å². The summed E-state index contributed by atoms with van der Waals surface area (Å²) in [5.74, 6) is -0.383. The van der Waals surface area contributed by atoms with E-state index in [9.17, 15) is 14.0 Å². The number of hydrogen-bond acceptors (Lipinski definition) is 5. The summed E-state index contributed by atoms with van der Waals surface area (Å²) in [5, 5.41) is 5.13. The monoisotopic (exact) mass is 333 g/mol. The zero-order chi connectivity index (χ0) is 16.9. The number of hydrogen-bond donors (Lipinski definition) is 2. The number of anilines is 1. The Labute approximate surface area is 137 Å². The third-order valence-corrected chi connectivity index (χ3v) is 3.39. The molecule has 1 saturated carbocycles. The quantitative estimate of drug-likeness (QED) is 0.756. The van der Waals surface area contributed by atoms with E-state index >= 15 is 0 Å². The lowest BCUT2D eigenvalue weighted by Crippen LogP contribution is -2.28. The lowest BCUT2D eigenvalue weighted by atomic mass is 10.3. The van der Waals surface area contributed by atoms with Crippen LogP contribution in [0.1, 0.15) is 23.3 Å². The molecule has 0 bridgehead atoms. The van der Waals surface area contributed by atoms with Crippen LogP contribution in [-0.2, 0) is 4.79 Å². The zero-order valence-corrected chi connectivity index (χ0v) is 12.8. The van der Waals surface area contributed by atoms with Gasteiger partial charge in [-0.15, -0.1) is 0 Å². The second-order valence-electron chi connectivity index (χ2n) is 5.36. The van der Waals surface area contributed by atoms with Gasteiger partial charge in [0.05, 0.1) is 6.54 Å². The van der Waals surface area contributed by atoms with E-state index in [4.69, 9.17) is 9.15 Å². The first-order chi connectivity index (χ1) is 11.6. The highest BCUT2D eigenvalue weighted by molar-refractivity contribution is 5.94. The number of rotatable bonds is 7. The molecule has 1 aromatic heterocycles. The number of carbonyl (C=O) groups is 2. The fourth-order valence-electron chi connectivity index (χ4n) is 1.94. The van der Waals surface area contributed by atoms with Gasteiger partial charge in [-0.1, -0.05) is 0 Å². The number of carbonyl (C=O) groups excluding carboxylic acids is 2. The number of aromatic nitrogens is 1. The summed E-state index contributed by atoms with van der Waals surface area (Å²) in [6.45, 7) is 0.466. The predicted octanol–water partition coefficient (Wildman–Crippen LogP) is 1.97. The minimum absolute atomic E-state index is 0.0135. The van der Waals surface area contributed by atoms with Crippen molar-refractivity contribution in [3.63, 3.8) is 0 Å². The normalized spacial score (nSPS) is 13.4. The van der Waals surface area contributed by atoms with Crippen LogP contribution in [0.5, 0.6) is 5.75 Å². The first-order valence-electron chi connectivity index (χ1n) is 7.55. The topological polar surface area (TPSA) is 93.5 Å². The second-order valence-corrected chi connectivity index (χ2v) is 5.36. The van der Waals surface area contributed by atoms with Crippen molar-refractivity contribution in [1.29, 1.82) is 0 Å². The molecule has 1 aliphatic rings. The van der Waals surface area contributed by atoms with Gasteiger partial charge < -0.3 is 14.5 Å². The molecule has 1 fully saturated rings. The minimum Gasteiger partial charge on any atom is -0.492 e. The molecular weight excluding hydrogens is 317 g/mol. The van der Waals surface area contributed by atoms with Gasteiger partial charge in [-0.25, -0.2) is 4.39 Å². The Hall–Kier alpha value is -2.90. The summed E-state index contributed by atoms with van der Waals surface area (Å²) in [7, 11) is 0. The molecule has 2 aromatic rings. The van der Waals surface area contributed by atoms with Crippen LogP contribution in [0.2, 0.25) is 0 Å². The summed E-state index contributed by atoms with van der Waals surface area (Å²) in [4.78, 5) is 27.4. The first-order valence-corrected chi connectivity index (χ1v) is 7.55. The van der Waals surface area contributed by atoms with Crippen molar-refractivity contribution in [3.8, 4) is 5.75 Å². The molecule has 2 amide bonds. The molecule has 1 heterocycles.